The third kappa shape index (κ3) is 6.02. The van der Waals surface area contributed by atoms with E-state index in [0.717, 1.165) is 33.8 Å². The van der Waals surface area contributed by atoms with Crippen LogP contribution in [-0.4, -0.2) is 5.71 Å². The van der Waals surface area contributed by atoms with Crippen LogP contribution >= 0.6 is 0 Å². The summed E-state index contributed by atoms with van der Waals surface area (Å²) in [5, 5.41) is 13.1. The molecule has 0 saturated carbocycles. The van der Waals surface area contributed by atoms with Crippen molar-refractivity contribution in [2.75, 3.05) is 5.32 Å². The lowest BCUT2D eigenvalue weighted by atomic mass is 9.81. The predicted octanol–water partition coefficient (Wildman–Crippen LogP) is 10.3. The molecule has 0 aromatic heterocycles. The molecule has 0 aliphatic heterocycles. The number of hydrogen-bond acceptors (Lipinski definition) is 4. The number of fused-ring (bicyclic) bond motifs is 3. The molecule has 0 radical (unpaired) electrons. The number of allylic oxidation sites excluding steroid dienone is 1. The molecule has 0 heterocycles. The largest absolute Gasteiger partial charge is 0.398 e. The zero-order valence-corrected chi connectivity index (χ0v) is 27.1. The van der Waals surface area contributed by atoms with Gasteiger partial charge in [-0.2, -0.15) is 5.26 Å². The van der Waals surface area contributed by atoms with Gasteiger partial charge in [0.25, 0.3) is 0 Å². The average Bonchev–Trinajstić information content (AvgIpc) is 3.35. The summed E-state index contributed by atoms with van der Waals surface area (Å²) in [5.41, 5.74) is 20.9. The van der Waals surface area contributed by atoms with Crippen molar-refractivity contribution in [1.82, 2.24) is 0 Å². The van der Waals surface area contributed by atoms with E-state index in [-0.39, 0.29) is 5.41 Å². The first-order valence-corrected chi connectivity index (χ1v) is 16.2. The monoisotopic (exact) mass is 620 g/mol. The standard InChI is InChI=1S/C44H36N4/c1-44(2)39-22-10-9-21-36(39)38-26-43(37(25-40(38)44)32-15-5-3-6-16-32)48-35-20-12-14-31(24-35)29-47-42(33-17-7-4-8-18-33)27-41(46)34-19-11-13-30(23-34)28-45/h3-27,48H,29,46H2,1-2H3. The Morgan fingerprint density at radius 3 is 2.21 bits per heavy atom. The van der Waals surface area contributed by atoms with Crippen molar-refractivity contribution in [2.45, 2.75) is 25.8 Å². The maximum absolute atomic E-state index is 9.36. The Balaban J connectivity index is 1.23. The lowest BCUT2D eigenvalue weighted by molar-refractivity contribution is 0.660. The van der Waals surface area contributed by atoms with Crippen LogP contribution in [0.5, 0.6) is 0 Å². The maximum Gasteiger partial charge on any atom is 0.0991 e. The van der Waals surface area contributed by atoms with Gasteiger partial charge >= 0.3 is 0 Å². The van der Waals surface area contributed by atoms with Gasteiger partial charge in [0.15, 0.2) is 0 Å². The van der Waals surface area contributed by atoms with Gasteiger partial charge < -0.3 is 11.1 Å². The van der Waals surface area contributed by atoms with E-state index in [9.17, 15) is 5.26 Å². The fourth-order valence-electron chi connectivity index (χ4n) is 6.62. The first-order chi connectivity index (χ1) is 23.4. The van der Waals surface area contributed by atoms with Crippen LogP contribution in [0.4, 0.5) is 11.4 Å². The highest BCUT2D eigenvalue weighted by Gasteiger charge is 2.36. The highest BCUT2D eigenvalue weighted by Crippen LogP contribution is 2.51. The first kappa shape index (κ1) is 30.5. The van der Waals surface area contributed by atoms with Crippen molar-refractivity contribution in [3.8, 4) is 28.3 Å². The Kier molecular flexibility index (Phi) is 8.19. The Labute approximate surface area is 282 Å². The van der Waals surface area contributed by atoms with Crippen molar-refractivity contribution in [2.24, 2.45) is 10.7 Å². The molecule has 4 nitrogen and oxygen atoms in total. The molecule has 1 aliphatic rings. The molecule has 232 valence electrons. The van der Waals surface area contributed by atoms with Crippen LogP contribution in [0.3, 0.4) is 0 Å². The molecular formula is C44H36N4. The zero-order valence-electron chi connectivity index (χ0n) is 27.1. The van der Waals surface area contributed by atoms with Crippen LogP contribution in [-0.2, 0) is 12.0 Å². The smallest absolute Gasteiger partial charge is 0.0991 e. The zero-order chi connectivity index (χ0) is 33.1. The average molecular weight is 621 g/mol. The SMILES string of the molecule is CC1(C)c2ccccc2-c2cc(Nc3cccc(CN=C(C=C(N)c4cccc(C#N)c4)c4ccccc4)c3)c(-c3ccccc3)cc21. The second kappa shape index (κ2) is 12.9. The number of nitrogens with one attached hydrogen (secondary N) is 1. The molecule has 48 heavy (non-hydrogen) atoms. The molecule has 0 unspecified atom stereocenters. The third-order valence-corrected chi connectivity index (χ3v) is 9.13. The van der Waals surface area contributed by atoms with Crippen molar-refractivity contribution in [3.63, 3.8) is 0 Å². The predicted molar refractivity (Wildman–Crippen MR) is 199 cm³/mol. The van der Waals surface area contributed by atoms with Crippen LogP contribution in [0, 0.1) is 11.3 Å². The lowest BCUT2D eigenvalue weighted by Gasteiger charge is -2.23. The fourth-order valence-corrected chi connectivity index (χ4v) is 6.62. The van der Waals surface area contributed by atoms with E-state index in [1.807, 2.05) is 48.5 Å². The molecule has 0 bridgehead atoms. The summed E-state index contributed by atoms with van der Waals surface area (Å²) in [6, 6.07) is 52.0. The normalized spacial score (nSPS) is 13.4. The Bertz CT molecular complexity index is 2220. The van der Waals surface area contributed by atoms with Crippen molar-refractivity contribution >= 4 is 22.8 Å². The van der Waals surface area contributed by atoms with Gasteiger partial charge in [-0.1, -0.05) is 123 Å². The molecule has 6 aromatic rings. The highest BCUT2D eigenvalue weighted by atomic mass is 14.9. The van der Waals surface area contributed by atoms with Gasteiger partial charge in [0.1, 0.15) is 0 Å². The third-order valence-electron chi connectivity index (χ3n) is 9.13. The molecule has 0 fully saturated rings. The van der Waals surface area contributed by atoms with Crippen LogP contribution in [0.25, 0.3) is 28.0 Å². The Hall–Kier alpha value is -6.18. The minimum Gasteiger partial charge on any atom is -0.398 e. The number of nitrogens with zero attached hydrogens (tertiary/aromatic N) is 2. The number of hydrogen-bond donors (Lipinski definition) is 2. The highest BCUT2D eigenvalue weighted by molar-refractivity contribution is 6.12. The van der Waals surface area contributed by atoms with Crippen LogP contribution in [0.15, 0.2) is 157 Å². The van der Waals surface area contributed by atoms with Crippen molar-refractivity contribution in [3.05, 3.63) is 185 Å². The summed E-state index contributed by atoms with van der Waals surface area (Å²) in [5.74, 6) is 0. The Morgan fingerprint density at radius 1 is 0.708 bits per heavy atom. The molecule has 0 spiro atoms. The van der Waals surface area contributed by atoms with Gasteiger partial charge in [-0.3, -0.25) is 4.99 Å². The van der Waals surface area contributed by atoms with E-state index in [1.54, 1.807) is 12.1 Å². The van der Waals surface area contributed by atoms with Gasteiger partial charge in [0.2, 0.25) is 0 Å². The number of nitrogens with two attached hydrogens (primary N) is 1. The van der Waals surface area contributed by atoms with Crippen LogP contribution < -0.4 is 11.1 Å². The van der Waals surface area contributed by atoms with Gasteiger partial charge in [-0.05, 0) is 87.0 Å². The van der Waals surface area contributed by atoms with Gasteiger partial charge in [-0.25, -0.2) is 0 Å². The summed E-state index contributed by atoms with van der Waals surface area (Å²) in [4.78, 5) is 5.04. The van der Waals surface area contributed by atoms with E-state index in [2.05, 4.69) is 116 Å². The van der Waals surface area contributed by atoms with Gasteiger partial charge in [0, 0.05) is 28.1 Å². The molecule has 3 N–H and O–H groups in total. The van der Waals surface area contributed by atoms with Gasteiger partial charge in [-0.15, -0.1) is 0 Å². The molecule has 0 saturated heterocycles. The fraction of sp³-hybridized carbons (Fsp3) is 0.0909. The van der Waals surface area contributed by atoms with E-state index >= 15 is 0 Å². The lowest BCUT2D eigenvalue weighted by Crippen LogP contribution is -2.15. The topological polar surface area (TPSA) is 74.2 Å². The molecule has 0 atom stereocenters. The summed E-state index contributed by atoms with van der Waals surface area (Å²) >= 11 is 0. The molecule has 1 aliphatic carbocycles. The maximum atomic E-state index is 9.36. The van der Waals surface area contributed by atoms with E-state index < -0.39 is 0 Å². The number of anilines is 2. The molecule has 4 heteroatoms. The summed E-state index contributed by atoms with van der Waals surface area (Å²) < 4.78 is 0. The van der Waals surface area contributed by atoms with Crippen molar-refractivity contribution in [1.29, 1.82) is 5.26 Å². The second-order valence-electron chi connectivity index (χ2n) is 12.7. The van der Waals surface area contributed by atoms with Crippen LogP contribution in [0.1, 0.15) is 47.2 Å². The molecule has 7 rings (SSSR count). The number of rotatable bonds is 8. The minimum atomic E-state index is -0.0846. The molecular weight excluding hydrogens is 585 g/mol. The van der Waals surface area contributed by atoms with Crippen molar-refractivity contribution < 1.29 is 0 Å². The summed E-state index contributed by atoms with van der Waals surface area (Å²) in [7, 11) is 0. The number of benzene rings is 6. The van der Waals surface area contributed by atoms with E-state index in [1.165, 1.54) is 33.4 Å². The molecule has 0 amide bonds. The quantitative estimate of drug-likeness (QED) is 0.166. The van der Waals surface area contributed by atoms with E-state index in [0.29, 0.717) is 17.8 Å². The Morgan fingerprint density at radius 2 is 1.42 bits per heavy atom. The van der Waals surface area contributed by atoms with E-state index in [4.69, 9.17) is 10.7 Å². The first-order valence-electron chi connectivity index (χ1n) is 16.2. The minimum absolute atomic E-state index is 0.0846. The summed E-state index contributed by atoms with van der Waals surface area (Å²) in [6.07, 6.45) is 1.89. The number of nitriles is 1. The molecule has 6 aromatic carbocycles. The van der Waals surface area contributed by atoms with Gasteiger partial charge in [0.05, 0.1) is 23.9 Å². The number of aliphatic imine (C=N–C) groups is 1. The summed E-state index contributed by atoms with van der Waals surface area (Å²) in [6.45, 7) is 5.11. The second-order valence-corrected chi connectivity index (χ2v) is 12.7. The van der Waals surface area contributed by atoms with Crippen LogP contribution in [0.2, 0.25) is 0 Å².